The molecule has 0 amide bonds. The number of esters is 1. The summed E-state index contributed by atoms with van der Waals surface area (Å²) in [6.45, 7) is 3.41. The van der Waals surface area contributed by atoms with E-state index >= 15 is 0 Å². The second-order valence-electron chi connectivity index (χ2n) is 14.5. The summed E-state index contributed by atoms with van der Waals surface area (Å²) in [5, 5.41) is 36.8. The Morgan fingerprint density at radius 1 is 0.950 bits per heavy atom. The molecule has 4 aliphatic heterocycles. The number of ether oxygens (including phenoxy) is 6. The average Bonchev–Trinajstić information content (AvgIpc) is 3.67. The largest absolute Gasteiger partial charge is 0.462 e. The second kappa shape index (κ2) is 8.85. The van der Waals surface area contributed by atoms with Gasteiger partial charge in [-0.3, -0.25) is 4.79 Å². The molecule has 2 spiro atoms. The molecule has 0 radical (unpaired) electrons. The normalized spacial score (nSPS) is 58.6. The van der Waals surface area contributed by atoms with E-state index in [2.05, 4.69) is 0 Å². The lowest BCUT2D eigenvalue weighted by Gasteiger charge is -2.64. The van der Waals surface area contributed by atoms with Gasteiger partial charge in [0, 0.05) is 24.2 Å². The summed E-state index contributed by atoms with van der Waals surface area (Å²) in [5.74, 6) is -0.438. The summed E-state index contributed by atoms with van der Waals surface area (Å²) in [5.41, 5.74) is -4.54. The molecule has 8 fully saturated rings. The Morgan fingerprint density at radius 2 is 1.75 bits per heavy atom. The highest BCUT2D eigenvalue weighted by Crippen LogP contribution is 2.72. The van der Waals surface area contributed by atoms with Crippen LogP contribution in [0.3, 0.4) is 0 Å². The van der Waals surface area contributed by atoms with Crippen molar-refractivity contribution in [3.8, 4) is 0 Å². The van der Waals surface area contributed by atoms with E-state index in [1.807, 2.05) is 6.92 Å². The van der Waals surface area contributed by atoms with Gasteiger partial charge in [-0.15, -0.1) is 0 Å². The van der Waals surface area contributed by atoms with Crippen molar-refractivity contribution in [2.24, 2.45) is 23.2 Å². The van der Waals surface area contributed by atoms with Crippen LogP contribution in [0.1, 0.15) is 77.6 Å². The zero-order valence-electron chi connectivity index (χ0n) is 23.4. The molecular weight excluding hydrogens is 520 g/mol. The van der Waals surface area contributed by atoms with Crippen LogP contribution in [0, 0.1) is 23.2 Å². The summed E-state index contributed by atoms with van der Waals surface area (Å²) < 4.78 is 35.7. The molecule has 0 aromatic carbocycles. The van der Waals surface area contributed by atoms with Gasteiger partial charge in [0.25, 0.3) is 0 Å². The predicted molar refractivity (Wildman–Crippen MR) is 137 cm³/mol. The van der Waals surface area contributed by atoms with Crippen LogP contribution in [0.15, 0.2) is 0 Å². The average molecular weight is 565 g/mol. The number of hydrogen-bond donors (Lipinski definition) is 3. The lowest BCUT2D eigenvalue weighted by Crippen LogP contribution is -2.72. The molecule has 8 unspecified atom stereocenters. The molecule has 4 aliphatic carbocycles. The van der Waals surface area contributed by atoms with Gasteiger partial charge < -0.3 is 43.7 Å². The van der Waals surface area contributed by atoms with Gasteiger partial charge >= 0.3 is 5.97 Å². The molecule has 10 heteroatoms. The summed E-state index contributed by atoms with van der Waals surface area (Å²) in [7, 11) is 0. The van der Waals surface area contributed by atoms with Crippen LogP contribution in [0.4, 0.5) is 0 Å². The van der Waals surface area contributed by atoms with E-state index in [0.717, 1.165) is 25.7 Å². The Labute approximate surface area is 235 Å². The predicted octanol–water partition coefficient (Wildman–Crippen LogP) is 1.60. The molecule has 0 aromatic heterocycles. The first-order valence-electron chi connectivity index (χ1n) is 15.6. The van der Waals surface area contributed by atoms with Crippen LogP contribution in [-0.4, -0.2) is 101 Å². The van der Waals surface area contributed by atoms with Crippen LogP contribution in [0.2, 0.25) is 0 Å². The first kappa shape index (κ1) is 26.8. The zero-order valence-corrected chi connectivity index (χ0v) is 23.4. The number of carbonyl (C=O) groups excluding carboxylic acids is 1. The molecule has 0 bridgehead atoms. The third-order valence-corrected chi connectivity index (χ3v) is 13.0. The molecule has 4 heterocycles. The lowest BCUT2D eigenvalue weighted by molar-refractivity contribution is -0.293. The Bertz CT molecular complexity index is 1060. The van der Waals surface area contributed by atoms with Crippen molar-refractivity contribution in [3.05, 3.63) is 0 Å². The molecule has 8 rings (SSSR count). The van der Waals surface area contributed by atoms with E-state index in [1.54, 1.807) is 0 Å². The number of cyclic esters (lactones) is 1. The minimum absolute atomic E-state index is 0.0330. The van der Waals surface area contributed by atoms with Crippen molar-refractivity contribution in [1.29, 1.82) is 0 Å². The molecule has 40 heavy (non-hydrogen) atoms. The van der Waals surface area contributed by atoms with Crippen molar-refractivity contribution in [3.63, 3.8) is 0 Å². The Kier molecular flexibility index (Phi) is 5.92. The van der Waals surface area contributed by atoms with Gasteiger partial charge in [-0.05, 0) is 70.1 Å². The second-order valence-corrected chi connectivity index (χ2v) is 14.5. The molecule has 10 nitrogen and oxygen atoms in total. The van der Waals surface area contributed by atoms with Crippen molar-refractivity contribution >= 4 is 5.97 Å². The Balaban J connectivity index is 0.979. The number of rotatable bonds is 3. The first-order chi connectivity index (χ1) is 19.1. The minimum atomic E-state index is -1.27. The number of aliphatic hydroxyl groups is 3. The molecular formula is C30H44O10. The number of carbonyl (C=O) groups is 1. The number of fused-ring (bicyclic) bond motifs is 6. The van der Waals surface area contributed by atoms with Gasteiger partial charge in [-0.1, -0.05) is 0 Å². The Morgan fingerprint density at radius 3 is 2.58 bits per heavy atom. The quantitative estimate of drug-likeness (QED) is 0.434. The first-order valence-corrected chi connectivity index (χ1v) is 15.6. The van der Waals surface area contributed by atoms with Gasteiger partial charge in [-0.2, -0.15) is 0 Å². The minimum Gasteiger partial charge on any atom is -0.462 e. The standard InChI is InChI=1S/C30H44O10/c1-17-10-21-25(38-16-37-21)22(40-17)13-35-18-2-8-30(34)20-3-6-26-14-39-27(12-24(31)36-15-27)23(26)5-9-29(26,33)19(20)4-7-28(30,32)11-18/h17-23,25,32-34H,2-16H2,1H3/t17-,18?,19?,20?,21-,22+,23?,25-,26?,27+,28?,29?,30?/m1/s1. The summed E-state index contributed by atoms with van der Waals surface area (Å²) in [6.07, 6.45) is 6.11. The monoisotopic (exact) mass is 564 g/mol. The fourth-order valence-electron chi connectivity index (χ4n) is 11.1. The van der Waals surface area contributed by atoms with E-state index in [-0.39, 0.29) is 74.1 Å². The molecule has 4 saturated carbocycles. The molecule has 4 saturated heterocycles. The van der Waals surface area contributed by atoms with Crippen molar-refractivity contribution < 1.29 is 48.5 Å². The van der Waals surface area contributed by atoms with E-state index in [0.29, 0.717) is 51.7 Å². The van der Waals surface area contributed by atoms with Gasteiger partial charge in [0.15, 0.2) is 0 Å². The van der Waals surface area contributed by atoms with Gasteiger partial charge in [0.1, 0.15) is 31.2 Å². The van der Waals surface area contributed by atoms with Gasteiger partial charge in [-0.25, -0.2) is 0 Å². The zero-order chi connectivity index (χ0) is 27.5. The Hall–Kier alpha value is -0.850. The molecule has 13 atom stereocenters. The summed E-state index contributed by atoms with van der Waals surface area (Å²) in [4.78, 5) is 12.1. The van der Waals surface area contributed by atoms with E-state index < -0.39 is 27.8 Å². The third-order valence-electron chi connectivity index (χ3n) is 13.0. The maximum Gasteiger partial charge on any atom is 0.308 e. The molecule has 3 N–H and O–H groups in total. The molecule has 0 aromatic rings. The maximum absolute atomic E-state index is 12.5. The smallest absolute Gasteiger partial charge is 0.308 e. The highest BCUT2D eigenvalue weighted by atomic mass is 16.7. The topological polar surface area (TPSA) is 133 Å². The fraction of sp³-hybridized carbons (Fsp3) is 0.967. The third kappa shape index (κ3) is 3.42. The van der Waals surface area contributed by atoms with E-state index in [9.17, 15) is 20.1 Å². The van der Waals surface area contributed by atoms with E-state index in [4.69, 9.17) is 28.4 Å². The fourth-order valence-corrected chi connectivity index (χ4v) is 11.1. The SMILES string of the molecule is C[C@@H]1C[C@H]2OCO[C@H]2[C@H](COC2CCC3(O)C4CCC56CO[C@@]7(COC(=O)C7)C5CCC6(O)C4CCC3(O)C2)O1. The lowest BCUT2D eigenvalue weighted by atomic mass is 9.45. The van der Waals surface area contributed by atoms with Crippen LogP contribution < -0.4 is 0 Å². The van der Waals surface area contributed by atoms with Crippen molar-refractivity contribution in [2.45, 2.75) is 130 Å². The van der Waals surface area contributed by atoms with Crippen LogP contribution in [0.5, 0.6) is 0 Å². The van der Waals surface area contributed by atoms with Gasteiger partial charge in [0.2, 0.25) is 0 Å². The van der Waals surface area contributed by atoms with Crippen LogP contribution in [-0.2, 0) is 33.2 Å². The van der Waals surface area contributed by atoms with Crippen molar-refractivity contribution in [2.75, 3.05) is 26.6 Å². The number of hydrogen-bond acceptors (Lipinski definition) is 10. The van der Waals surface area contributed by atoms with Crippen LogP contribution in [0.25, 0.3) is 0 Å². The highest BCUT2D eigenvalue weighted by molar-refractivity contribution is 5.73. The summed E-state index contributed by atoms with van der Waals surface area (Å²) in [6, 6.07) is 0. The van der Waals surface area contributed by atoms with Crippen molar-refractivity contribution in [1.82, 2.24) is 0 Å². The molecule has 224 valence electrons. The van der Waals surface area contributed by atoms with Gasteiger partial charge in [0.05, 0.1) is 54.7 Å². The highest BCUT2D eigenvalue weighted by Gasteiger charge is 2.77. The van der Waals surface area contributed by atoms with Crippen LogP contribution >= 0.6 is 0 Å². The molecule has 8 aliphatic rings. The van der Waals surface area contributed by atoms with E-state index in [1.165, 1.54) is 0 Å². The summed E-state index contributed by atoms with van der Waals surface area (Å²) >= 11 is 0. The maximum atomic E-state index is 12.5.